The fourth-order valence-corrected chi connectivity index (χ4v) is 12.3. The van der Waals surface area contributed by atoms with Crippen molar-refractivity contribution in [3.05, 3.63) is 242 Å². The lowest BCUT2D eigenvalue weighted by molar-refractivity contribution is 0.625. The molecule has 1 atom stereocenters. The summed E-state index contributed by atoms with van der Waals surface area (Å²) in [7, 11) is 0. The first kappa shape index (κ1) is 39.8. The average molecular weight is 925 g/mol. The Labute approximate surface area is 412 Å². The summed E-state index contributed by atoms with van der Waals surface area (Å²) in [6.45, 7) is 0. The zero-order valence-corrected chi connectivity index (χ0v) is 39.0. The zero-order chi connectivity index (χ0) is 46.6. The van der Waals surface area contributed by atoms with Gasteiger partial charge in [-0.3, -0.25) is 4.57 Å². The maximum absolute atomic E-state index is 5.62. The van der Waals surface area contributed by atoms with E-state index in [1.165, 1.54) is 36.7 Å². The van der Waals surface area contributed by atoms with Crippen LogP contribution in [0.15, 0.2) is 236 Å². The Bertz CT molecular complexity index is 4490. The molecule has 4 aromatic heterocycles. The number of thiophene rings is 1. The molecule has 0 bridgehead atoms. The van der Waals surface area contributed by atoms with Gasteiger partial charge in [-0.25, -0.2) is 15.0 Å². The Hall–Kier alpha value is -9.17. The van der Waals surface area contributed by atoms with E-state index in [2.05, 4.69) is 245 Å². The third-order valence-electron chi connectivity index (χ3n) is 14.3. The number of fused-ring (bicyclic) bond motifs is 11. The highest BCUT2D eigenvalue weighted by Crippen LogP contribution is 2.45. The maximum Gasteiger partial charge on any atom is 0.235 e. The quantitative estimate of drug-likeness (QED) is 0.181. The monoisotopic (exact) mass is 924 g/mol. The molecule has 71 heavy (non-hydrogen) atoms. The summed E-state index contributed by atoms with van der Waals surface area (Å²) in [5, 5.41) is 13.1. The molecule has 14 aromatic rings. The van der Waals surface area contributed by atoms with Gasteiger partial charge in [0, 0.05) is 64.4 Å². The van der Waals surface area contributed by atoms with E-state index in [4.69, 9.17) is 15.0 Å². The second kappa shape index (κ2) is 15.7. The van der Waals surface area contributed by atoms with Crippen LogP contribution in [-0.2, 0) is 0 Å². The molecule has 10 aromatic carbocycles. The summed E-state index contributed by atoms with van der Waals surface area (Å²) >= 11 is 1.81. The van der Waals surface area contributed by atoms with Crippen molar-refractivity contribution >= 4 is 98.1 Å². The van der Waals surface area contributed by atoms with Crippen LogP contribution in [-0.4, -0.2) is 24.8 Å². The minimum atomic E-state index is -0.412. The molecule has 0 amide bonds. The van der Waals surface area contributed by atoms with Gasteiger partial charge in [-0.1, -0.05) is 182 Å². The second-order valence-corrected chi connectivity index (χ2v) is 19.4. The Balaban J connectivity index is 0.971. The summed E-state index contributed by atoms with van der Waals surface area (Å²) in [5.74, 6) is 0.636. The number of anilines is 1. The van der Waals surface area contributed by atoms with E-state index < -0.39 is 6.29 Å². The van der Waals surface area contributed by atoms with Crippen LogP contribution in [0.25, 0.3) is 114 Å². The fraction of sp³-hybridized carbons (Fsp3) is 0.0156. The van der Waals surface area contributed by atoms with E-state index in [9.17, 15) is 0 Å². The van der Waals surface area contributed by atoms with Gasteiger partial charge in [0.2, 0.25) is 12.2 Å². The van der Waals surface area contributed by atoms with Crippen LogP contribution in [0.5, 0.6) is 0 Å². The third kappa shape index (κ3) is 6.23. The molecule has 5 heterocycles. The van der Waals surface area contributed by atoms with Gasteiger partial charge in [0.15, 0.2) is 0 Å². The molecule has 0 aliphatic carbocycles. The molecular formula is C64H40N6S. The van der Waals surface area contributed by atoms with Crippen molar-refractivity contribution in [2.75, 3.05) is 5.32 Å². The minimum Gasteiger partial charge on any atom is -0.346 e. The maximum atomic E-state index is 5.62. The molecule has 0 spiro atoms. The highest BCUT2D eigenvalue weighted by atomic mass is 32.1. The van der Waals surface area contributed by atoms with Crippen molar-refractivity contribution in [1.82, 2.24) is 19.1 Å². The number of benzene rings is 10. The number of aromatic nitrogens is 4. The lowest BCUT2D eigenvalue weighted by Gasteiger charge is -2.28. The summed E-state index contributed by atoms with van der Waals surface area (Å²) in [6, 6.07) is 82.6. The van der Waals surface area contributed by atoms with Crippen molar-refractivity contribution < 1.29 is 0 Å². The summed E-state index contributed by atoms with van der Waals surface area (Å²) in [4.78, 5) is 17.9. The van der Waals surface area contributed by atoms with Gasteiger partial charge in [0.05, 0.1) is 39.0 Å². The highest BCUT2D eigenvalue weighted by Gasteiger charge is 2.27. The molecule has 7 heteroatoms. The molecule has 0 saturated carbocycles. The van der Waals surface area contributed by atoms with Gasteiger partial charge in [0.1, 0.15) is 0 Å². The number of hydrogen-bond acceptors (Lipinski definition) is 5. The molecule has 1 unspecified atom stereocenters. The molecule has 1 aliphatic rings. The number of nitrogens with zero attached hydrogens (tertiary/aromatic N) is 5. The third-order valence-corrected chi connectivity index (χ3v) is 15.5. The predicted octanol–water partition coefficient (Wildman–Crippen LogP) is 16.6. The highest BCUT2D eigenvalue weighted by molar-refractivity contribution is 7.23. The standard InChI is InChI=1S/C64H40N6S/c1-4-17-39(18-5-1)57-38-45-31-33-53-58(62(45)71-57)60(41-21-8-3-9-22-41)68-63(66-53)69-55-34-32-44(36-50(55)51-35-42-23-10-11-24-43(42)37-56(51)69)46-27-16-28-48-47-25-13-15-30-54(47)70(61(46)48)64-65-52-29-14-12-26-49(52)59(67-64)40-19-6-2-7-20-40/h1-38,64-65H. The Morgan fingerprint density at radius 2 is 1.11 bits per heavy atom. The van der Waals surface area contributed by atoms with Gasteiger partial charge in [-0.05, 0) is 75.8 Å². The molecule has 15 rings (SSSR count). The molecule has 332 valence electrons. The average Bonchev–Trinajstić information content (AvgIpc) is 4.13. The summed E-state index contributed by atoms with van der Waals surface area (Å²) < 4.78 is 5.87. The van der Waals surface area contributed by atoms with Crippen LogP contribution in [0.4, 0.5) is 5.69 Å². The largest absolute Gasteiger partial charge is 0.346 e. The lowest BCUT2D eigenvalue weighted by atomic mass is 9.98. The number of aliphatic imine (C=N–C) groups is 1. The van der Waals surface area contributed by atoms with Crippen LogP contribution >= 0.6 is 11.3 Å². The number of hydrogen-bond donors (Lipinski definition) is 1. The first-order valence-electron chi connectivity index (χ1n) is 24.0. The fourth-order valence-electron chi connectivity index (χ4n) is 11.1. The first-order valence-corrected chi connectivity index (χ1v) is 24.9. The van der Waals surface area contributed by atoms with E-state index >= 15 is 0 Å². The Kier molecular flexibility index (Phi) is 8.79. The normalized spacial score (nSPS) is 13.7. The predicted molar refractivity (Wildman–Crippen MR) is 297 cm³/mol. The zero-order valence-electron chi connectivity index (χ0n) is 38.2. The lowest BCUT2D eigenvalue weighted by Crippen LogP contribution is -2.25. The Morgan fingerprint density at radius 1 is 0.437 bits per heavy atom. The van der Waals surface area contributed by atoms with Gasteiger partial charge >= 0.3 is 0 Å². The van der Waals surface area contributed by atoms with Crippen LogP contribution in [0, 0.1) is 0 Å². The number of nitrogens with one attached hydrogen (secondary N) is 1. The van der Waals surface area contributed by atoms with E-state index in [1.807, 2.05) is 0 Å². The molecule has 1 N–H and O–H groups in total. The van der Waals surface area contributed by atoms with Crippen LogP contribution in [0.2, 0.25) is 0 Å². The van der Waals surface area contributed by atoms with Gasteiger partial charge in [0.25, 0.3) is 0 Å². The van der Waals surface area contributed by atoms with Crippen molar-refractivity contribution in [3.8, 4) is 38.8 Å². The van der Waals surface area contributed by atoms with Crippen molar-refractivity contribution in [2.45, 2.75) is 6.29 Å². The number of para-hydroxylation sites is 3. The summed E-state index contributed by atoms with van der Waals surface area (Å²) in [6.07, 6.45) is -0.412. The smallest absolute Gasteiger partial charge is 0.235 e. The van der Waals surface area contributed by atoms with Crippen LogP contribution in [0.1, 0.15) is 17.4 Å². The minimum absolute atomic E-state index is 0.412. The molecule has 0 radical (unpaired) electrons. The topological polar surface area (TPSA) is 60.0 Å². The van der Waals surface area contributed by atoms with E-state index in [0.717, 1.165) is 94.0 Å². The van der Waals surface area contributed by atoms with Gasteiger partial charge < -0.3 is 9.88 Å². The molecule has 6 nitrogen and oxygen atoms in total. The molecule has 1 aliphatic heterocycles. The molecule has 0 saturated heterocycles. The van der Waals surface area contributed by atoms with Crippen LogP contribution < -0.4 is 5.32 Å². The van der Waals surface area contributed by atoms with Crippen LogP contribution in [0.3, 0.4) is 0 Å². The SMILES string of the molecule is c1ccc(C2=NC(n3c4ccccc4c4cccc(-c5ccc6c(c5)c5cc7ccccc7cc5n6-c5nc(-c6ccccc6)c6c(ccc7cc(-c8ccccc8)sc76)n5)c43)Nc3ccccc32)cc1. The molecule has 0 fully saturated rings. The van der Waals surface area contributed by atoms with Crippen molar-refractivity contribution in [2.24, 2.45) is 4.99 Å². The first-order chi connectivity index (χ1) is 35.2. The summed E-state index contributed by atoms with van der Waals surface area (Å²) in [5.41, 5.74) is 14.9. The van der Waals surface area contributed by atoms with Crippen molar-refractivity contribution in [3.63, 3.8) is 0 Å². The van der Waals surface area contributed by atoms with Gasteiger partial charge in [-0.2, -0.15) is 0 Å². The molecular weight excluding hydrogens is 885 g/mol. The van der Waals surface area contributed by atoms with E-state index in [0.29, 0.717) is 5.95 Å². The van der Waals surface area contributed by atoms with E-state index in [1.54, 1.807) is 11.3 Å². The second-order valence-electron chi connectivity index (χ2n) is 18.4. The van der Waals surface area contributed by atoms with E-state index in [-0.39, 0.29) is 0 Å². The van der Waals surface area contributed by atoms with Gasteiger partial charge in [-0.15, -0.1) is 11.3 Å². The number of rotatable bonds is 6. The van der Waals surface area contributed by atoms with Crippen molar-refractivity contribution in [1.29, 1.82) is 0 Å². The Morgan fingerprint density at radius 3 is 1.94 bits per heavy atom.